The molecule has 7 nitrogen and oxygen atoms in total. The third kappa shape index (κ3) is 4.52. The summed E-state index contributed by atoms with van der Waals surface area (Å²) in [5.74, 6) is -0.350. The van der Waals surface area contributed by atoms with Gasteiger partial charge >= 0.3 is 0 Å². The van der Waals surface area contributed by atoms with Crippen molar-refractivity contribution < 1.29 is 18.0 Å². The summed E-state index contributed by atoms with van der Waals surface area (Å²) in [6.07, 6.45) is 1.74. The molecule has 0 unspecified atom stereocenters. The van der Waals surface area contributed by atoms with Gasteiger partial charge in [0.1, 0.15) is 6.54 Å². The number of carbonyl (C=O) groups excluding carboxylic acids is 2. The quantitative estimate of drug-likeness (QED) is 0.700. The number of nitrogens with zero attached hydrogens (tertiary/aromatic N) is 3. The Labute approximate surface area is 150 Å². The van der Waals surface area contributed by atoms with Gasteiger partial charge in [-0.3, -0.25) is 13.9 Å². The van der Waals surface area contributed by atoms with Crippen molar-refractivity contribution >= 4 is 51.2 Å². The minimum Gasteiger partial charge on any atom is -0.342 e. The summed E-state index contributed by atoms with van der Waals surface area (Å²) in [6.45, 7) is 1.22. The van der Waals surface area contributed by atoms with Gasteiger partial charge in [-0.15, -0.1) is 0 Å². The molecule has 0 radical (unpaired) electrons. The molecule has 1 aromatic carbocycles. The second-order valence-electron chi connectivity index (χ2n) is 5.39. The lowest BCUT2D eigenvalue weighted by molar-refractivity contribution is -0.133. The normalized spacial score (nSPS) is 15.3. The van der Waals surface area contributed by atoms with Crippen LogP contribution in [-0.2, 0) is 19.6 Å². The van der Waals surface area contributed by atoms with Crippen LogP contribution in [0.4, 0.5) is 5.69 Å². The van der Waals surface area contributed by atoms with E-state index in [-0.39, 0.29) is 23.2 Å². The van der Waals surface area contributed by atoms with E-state index in [1.165, 1.54) is 23.1 Å². The van der Waals surface area contributed by atoms with E-state index in [0.29, 0.717) is 31.2 Å². The molecule has 2 amide bonds. The Morgan fingerprint density at radius 3 is 2.38 bits per heavy atom. The molecular formula is C14H17Cl2N3O4S. The van der Waals surface area contributed by atoms with Crippen molar-refractivity contribution in [2.75, 3.05) is 43.3 Å². The molecule has 24 heavy (non-hydrogen) atoms. The molecule has 2 rings (SSSR count). The van der Waals surface area contributed by atoms with Crippen LogP contribution >= 0.6 is 23.2 Å². The molecule has 0 bridgehead atoms. The van der Waals surface area contributed by atoms with Gasteiger partial charge < -0.3 is 9.80 Å². The first-order chi connectivity index (χ1) is 11.2. The number of halogens is 2. The van der Waals surface area contributed by atoms with E-state index in [0.717, 1.165) is 17.0 Å². The Morgan fingerprint density at radius 2 is 1.88 bits per heavy atom. The predicted molar refractivity (Wildman–Crippen MR) is 92.9 cm³/mol. The second kappa shape index (κ2) is 7.58. The summed E-state index contributed by atoms with van der Waals surface area (Å²) < 4.78 is 25.1. The monoisotopic (exact) mass is 393 g/mol. The van der Waals surface area contributed by atoms with E-state index in [2.05, 4.69) is 0 Å². The smallest absolute Gasteiger partial charge is 0.243 e. The van der Waals surface area contributed by atoms with Gasteiger partial charge in [0, 0.05) is 31.2 Å². The fraction of sp³-hybridized carbons (Fsp3) is 0.429. The first-order valence-corrected chi connectivity index (χ1v) is 9.72. The Balaban J connectivity index is 2.18. The summed E-state index contributed by atoms with van der Waals surface area (Å²) in [5.41, 5.74) is 0.198. The maximum atomic E-state index is 12.4. The average molecular weight is 394 g/mol. The molecule has 0 aromatic heterocycles. The maximum absolute atomic E-state index is 12.4. The van der Waals surface area contributed by atoms with Crippen LogP contribution in [0.1, 0.15) is 0 Å². The predicted octanol–water partition coefficient (Wildman–Crippen LogP) is 1.06. The van der Waals surface area contributed by atoms with Crippen LogP contribution in [0.3, 0.4) is 0 Å². The molecule has 132 valence electrons. The van der Waals surface area contributed by atoms with E-state index >= 15 is 0 Å². The summed E-state index contributed by atoms with van der Waals surface area (Å²) in [7, 11) is -3.71. The number of sulfonamides is 1. The van der Waals surface area contributed by atoms with Gasteiger partial charge in [-0.1, -0.05) is 23.2 Å². The Bertz CT molecular complexity index is 734. The maximum Gasteiger partial charge on any atom is 0.243 e. The summed E-state index contributed by atoms with van der Waals surface area (Å²) in [4.78, 5) is 26.2. The molecule has 1 fully saturated rings. The minimum absolute atomic E-state index is 0.145. The molecule has 0 atom stereocenters. The van der Waals surface area contributed by atoms with E-state index in [1.807, 2.05) is 0 Å². The van der Waals surface area contributed by atoms with Gasteiger partial charge in [0.05, 0.1) is 17.0 Å². The van der Waals surface area contributed by atoms with Crippen LogP contribution < -0.4 is 4.31 Å². The fourth-order valence-corrected chi connectivity index (χ4v) is 3.79. The van der Waals surface area contributed by atoms with Crippen molar-refractivity contribution in [1.82, 2.24) is 9.80 Å². The zero-order chi connectivity index (χ0) is 17.9. The highest BCUT2D eigenvalue weighted by Crippen LogP contribution is 2.30. The van der Waals surface area contributed by atoms with Crippen molar-refractivity contribution in [2.45, 2.75) is 0 Å². The van der Waals surface area contributed by atoms with Gasteiger partial charge in [-0.2, -0.15) is 0 Å². The van der Waals surface area contributed by atoms with Gasteiger partial charge in [0.25, 0.3) is 0 Å². The zero-order valence-corrected chi connectivity index (χ0v) is 15.3. The largest absolute Gasteiger partial charge is 0.342 e. The number of amides is 2. The van der Waals surface area contributed by atoms with Crippen molar-refractivity contribution in [3.8, 4) is 0 Å². The zero-order valence-electron chi connectivity index (χ0n) is 13.0. The van der Waals surface area contributed by atoms with Crippen molar-refractivity contribution in [2.24, 2.45) is 0 Å². The molecule has 0 N–H and O–H groups in total. The van der Waals surface area contributed by atoms with Crippen molar-refractivity contribution in [3.63, 3.8) is 0 Å². The number of piperazine rings is 1. The van der Waals surface area contributed by atoms with Gasteiger partial charge in [-0.05, 0) is 18.2 Å². The average Bonchev–Trinajstić information content (AvgIpc) is 2.52. The number of hydrogen-bond donors (Lipinski definition) is 0. The Morgan fingerprint density at radius 1 is 1.25 bits per heavy atom. The van der Waals surface area contributed by atoms with Crippen LogP contribution in [-0.4, -0.2) is 69.5 Å². The molecule has 0 saturated carbocycles. The molecule has 1 saturated heterocycles. The van der Waals surface area contributed by atoms with Crippen LogP contribution in [0.5, 0.6) is 0 Å². The Hall–Kier alpha value is -1.51. The van der Waals surface area contributed by atoms with E-state index in [9.17, 15) is 18.0 Å². The summed E-state index contributed by atoms with van der Waals surface area (Å²) in [6, 6.07) is 4.39. The highest BCUT2D eigenvalue weighted by molar-refractivity contribution is 7.92. The van der Waals surface area contributed by atoms with Crippen molar-refractivity contribution in [3.05, 3.63) is 28.2 Å². The number of anilines is 1. The first kappa shape index (κ1) is 18.8. The lowest BCUT2D eigenvalue weighted by atomic mass is 10.3. The number of benzene rings is 1. The van der Waals surface area contributed by atoms with Gasteiger partial charge in [0.15, 0.2) is 0 Å². The lowest BCUT2D eigenvalue weighted by Crippen LogP contribution is -2.51. The molecule has 1 aliphatic rings. The molecule has 0 spiro atoms. The standard InChI is InChI=1S/C14H17Cl2N3O4S/c1-24(22,23)19(13-3-2-11(15)8-12(13)16)9-14(21)18-6-4-17(10-20)5-7-18/h2-3,8,10H,4-7,9H2,1H3. The first-order valence-electron chi connectivity index (χ1n) is 7.12. The fourth-order valence-electron chi connectivity index (χ4n) is 2.36. The minimum atomic E-state index is -3.71. The molecular weight excluding hydrogens is 377 g/mol. The number of hydrogen-bond acceptors (Lipinski definition) is 4. The van der Waals surface area contributed by atoms with E-state index in [4.69, 9.17) is 23.2 Å². The van der Waals surface area contributed by atoms with E-state index in [1.54, 1.807) is 4.90 Å². The van der Waals surface area contributed by atoms with Crippen LogP contribution in [0.25, 0.3) is 0 Å². The third-order valence-electron chi connectivity index (χ3n) is 3.67. The van der Waals surface area contributed by atoms with Crippen LogP contribution in [0.2, 0.25) is 10.0 Å². The summed E-state index contributed by atoms with van der Waals surface area (Å²) >= 11 is 11.9. The highest BCUT2D eigenvalue weighted by Gasteiger charge is 2.27. The summed E-state index contributed by atoms with van der Waals surface area (Å²) in [5, 5.41) is 0.514. The van der Waals surface area contributed by atoms with Gasteiger partial charge in [0.2, 0.25) is 22.3 Å². The van der Waals surface area contributed by atoms with Gasteiger partial charge in [-0.25, -0.2) is 8.42 Å². The Kier molecular flexibility index (Phi) is 5.95. The highest BCUT2D eigenvalue weighted by atomic mass is 35.5. The van der Waals surface area contributed by atoms with Crippen molar-refractivity contribution in [1.29, 1.82) is 0 Å². The lowest BCUT2D eigenvalue weighted by Gasteiger charge is -2.34. The van der Waals surface area contributed by atoms with E-state index < -0.39 is 10.0 Å². The molecule has 1 aliphatic heterocycles. The van der Waals surface area contributed by atoms with Crippen LogP contribution in [0, 0.1) is 0 Å². The molecule has 10 heteroatoms. The molecule has 1 heterocycles. The third-order valence-corrected chi connectivity index (χ3v) is 5.34. The number of rotatable bonds is 5. The topological polar surface area (TPSA) is 78.0 Å². The molecule has 1 aromatic rings. The SMILES string of the molecule is CS(=O)(=O)N(CC(=O)N1CCN(C=O)CC1)c1ccc(Cl)cc1Cl. The second-order valence-corrected chi connectivity index (χ2v) is 8.14. The van der Waals surface area contributed by atoms with Crippen LogP contribution in [0.15, 0.2) is 18.2 Å². The molecule has 0 aliphatic carbocycles. The number of carbonyl (C=O) groups is 2.